The van der Waals surface area contributed by atoms with Crippen LogP contribution in [0.15, 0.2) is 60.7 Å². The molecule has 0 saturated heterocycles. The van der Waals surface area contributed by atoms with E-state index in [0.717, 1.165) is 17.7 Å². The average molecular weight is 546 g/mol. The van der Waals surface area contributed by atoms with Gasteiger partial charge in [0.25, 0.3) is 5.91 Å². The Bertz CT molecular complexity index is 1320. The van der Waals surface area contributed by atoms with Crippen molar-refractivity contribution in [3.8, 4) is 6.07 Å². The molecule has 0 atom stereocenters. The van der Waals surface area contributed by atoms with Crippen LogP contribution in [0.25, 0.3) is 0 Å². The lowest BCUT2D eigenvalue weighted by Crippen LogP contribution is -2.33. The molecule has 0 unspecified atom stereocenters. The smallest absolute Gasteiger partial charge is 0.372 e. The lowest BCUT2D eigenvalue weighted by Gasteiger charge is -2.25. The van der Waals surface area contributed by atoms with Gasteiger partial charge in [-0.25, -0.2) is 0 Å². The normalized spacial score (nSPS) is 13.2. The van der Waals surface area contributed by atoms with Crippen molar-refractivity contribution < 1.29 is 18.0 Å². The summed E-state index contributed by atoms with van der Waals surface area (Å²) in [7, 11) is 0. The summed E-state index contributed by atoms with van der Waals surface area (Å²) in [6.45, 7) is 0.319. The van der Waals surface area contributed by atoms with Crippen LogP contribution in [0.2, 0.25) is 10.0 Å². The molecule has 4 rings (SSSR count). The molecule has 4 nitrogen and oxygen atoms in total. The predicted octanol–water partition coefficient (Wildman–Crippen LogP) is 7.71. The summed E-state index contributed by atoms with van der Waals surface area (Å²) in [6.07, 6.45) is -1.90. The Hall–Kier alpha value is -3.21. The lowest BCUT2D eigenvalue weighted by atomic mass is 10.0. The molecule has 1 amide bonds. The second kappa shape index (κ2) is 11.5. The molecule has 192 valence electrons. The Balaban J connectivity index is 1.63. The van der Waals surface area contributed by atoms with Gasteiger partial charge in [-0.3, -0.25) is 4.79 Å². The quantitative estimate of drug-likeness (QED) is 0.280. The SMILES string of the molecule is N#CCNc1ccc(Cl)c(Cl)c1C(=O)N(CCc1cccc(C(F)(F)F)c1)Cc1ccc(C2CC2)cc1. The molecule has 0 aliphatic heterocycles. The second-order valence-electron chi connectivity index (χ2n) is 8.99. The van der Waals surface area contributed by atoms with Crippen molar-refractivity contribution in [3.63, 3.8) is 0 Å². The molecule has 1 aliphatic carbocycles. The van der Waals surface area contributed by atoms with Crippen molar-refractivity contribution in [2.45, 2.75) is 37.9 Å². The molecule has 0 bridgehead atoms. The van der Waals surface area contributed by atoms with Gasteiger partial charge in [-0.05, 0) is 60.1 Å². The van der Waals surface area contributed by atoms with E-state index in [0.29, 0.717) is 17.2 Å². The van der Waals surface area contributed by atoms with Gasteiger partial charge < -0.3 is 10.2 Å². The highest BCUT2D eigenvalue weighted by Crippen LogP contribution is 2.40. The second-order valence-corrected chi connectivity index (χ2v) is 9.77. The highest BCUT2D eigenvalue weighted by molar-refractivity contribution is 6.44. The molecule has 9 heteroatoms. The van der Waals surface area contributed by atoms with Gasteiger partial charge in [-0.2, -0.15) is 18.4 Å². The number of nitrogens with zero attached hydrogens (tertiary/aromatic N) is 2. The Morgan fingerprint density at radius 2 is 1.78 bits per heavy atom. The van der Waals surface area contributed by atoms with Crippen LogP contribution < -0.4 is 5.32 Å². The first-order valence-corrected chi connectivity index (χ1v) is 12.6. The van der Waals surface area contributed by atoms with E-state index in [4.69, 9.17) is 28.5 Å². The fraction of sp³-hybridized carbons (Fsp3) is 0.286. The Morgan fingerprint density at radius 3 is 2.43 bits per heavy atom. The van der Waals surface area contributed by atoms with Crippen molar-refractivity contribution in [2.75, 3.05) is 18.4 Å². The van der Waals surface area contributed by atoms with Crippen molar-refractivity contribution in [1.29, 1.82) is 5.26 Å². The number of carbonyl (C=O) groups is 1. The van der Waals surface area contributed by atoms with Crippen LogP contribution in [0.1, 0.15) is 51.4 Å². The molecule has 3 aromatic rings. The molecule has 1 N–H and O–H groups in total. The zero-order valence-corrected chi connectivity index (χ0v) is 21.3. The van der Waals surface area contributed by atoms with Crippen molar-refractivity contribution in [3.05, 3.63) is 98.5 Å². The van der Waals surface area contributed by atoms with Crippen LogP contribution in [-0.2, 0) is 19.1 Å². The maximum absolute atomic E-state index is 13.8. The summed E-state index contributed by atoms with van der Waals surface area (Å²) >= 11 is 12.7. The van der Waals surface area contributed by atoms with Gasteiger partial charge in [-0.15, -0.1) is 0 Å². The molecule has 3 aromatic carbocycles. The third-order valence-corrected chi connectivity index (χ3v) is 7.08. The van der Waals surface area contributed by atoms with Gasteiger partial charge in [0, 0.05) is 18.8 Å². The average Bonchev–Trinajstić information content (AvgIpc) is 3.72. The van der Waals surface area contributed by atoms with Gasteiger partial charge in [0.1, 0.15) is 6.54 Å². The number of nitrogens with one attached hydrogen (secondary N) is 1. The van der Waals surface area contributed by atoms with Crippen molar-refractivity contribution in [1.82, 2.24) is 4.90 Å². The number of hydrogen-bond acceptors (Lipinski definition) is 3. The van der Waals surface area contributed by atoms with Gasteiger partial charge in [-0.1, -0.05) is 65.7 Å². The van der Waals surface area contributed by atoms with E-state index in [2.05, 4.69) is 17.4 Å². The molecule has 1 saturated carbocycles. The van der Waals surface area contributed by atoms with E-state index in [1.807, 2.05) is 18.2 Å². The molecule has 0 heterocycles. The highest BCUT2D eigenvalue weighted by atomic mass is 35.5. The van der Waals surface area contributed by atoms with E-state index >= 15 is 0 Å². The number of halogens is 5. The molecule has 0 radical (unpaired) electrons. The van der Waals surface area contributed by atoms with Crippen LogP contribution in [0.5, 0.6) is 0 Å². The van der Waals surface area contributed by atoms with E-state index in [1.165, 1.54) is 30.5 Å². The Labute approximate surface area is 223 Å². The minimum Gasteiger partial charge on any atom is -0.372 e. The van der Waals surface area contributed by atoms with Crippen LogP contribution in [0.3, 0.4) is 0 Å². The third kappa shape index (κ3) is 6.76. The highest BCUT2D eigenvalue weighted by Gasteiger charge is 2.30. The third-order valence-electron chi connectivity index (χ3n) is 6.28. The monoisotopic (exact) mass is 545 g/mol. The van der Waals surface area contributed by atoms with Gasteiger partial charge in [0.15, 0.2) is 0 Å². The summed E-state index contributed by atoms with van der Waals surface area (Å²) < 4.78 is 39.6. The first-order chi connectivity index (χ1) is 17.7. The topological polar surface area (TPSA) is 56.1 Å². The van der Waals surface area contributed by atoms with Gasteiger partial charge >= 0.3 is 6.18 Å². The van der Waals surface area contributed by atoms with Crippen molar-refractivity contribution in [2.24, 2.45) is 0 Å². The minimum atomic E-state index is -4.45. The van der Waals surface area contributed by atoms with Crippen molar-refractivity contribution >= 4 is 34.8 Å². The van der Waals surface area contributed by atoms with Crippen LogP contribution in [0, 0.1) is 11.3 Å². The summed E-state index contributed by atoms with van der Waals surface area (Å²) in [5, 5.41) is 12.1. The van der Waals surface area contributed by atoms with E-state index in [9.17, 15) is 18.0 Å². The van der Waals surface area contributed by atoms with Crippen LogP contribution in [-0.4, -0.2) is 23.9 Å². The molecular formula is C28H24Cl2F3N3O. The molecule has 37 heavy (non-hydrogen) atoms. The van der Waals surface area contributed by atoms with Gasteiger partial charge in [0.2, 0.25) is 0 Å². The molecular weight excluding hydrogens is 522 g/mol. The zero-order chi connectivity index (χ0) is 26.6. The van der Waals surface area contributed by atoms with E-state index in [1.54, 1.807) is 17.0 Å². The predicted molar refractivity (Wildman–Crippen MR) is 139 cm³/mol. The number of benzene rings is 3. The first-order valence-electron chi connectivity index (χ1n) is 11.8. The Kier molecular flexibility index (Phi) is 8.31. The van der Waals surface area contributed by atoms with E-state index < -0.39 is 17.6 Å². The number of anilines is 1. The van der Waals surface area contributed by atoms with E-state index in [-0.39, 0.29) is 41.7 Å². The largest absolute Gasteiger partial charge is 0.416 e. The zero-order valence-electron chi connectivity index (χ0n) is 19.8. The number of alkyl halides is 3. The molecule has 0 aromatic heterocycles. The fourth-order valence-corrected chi connectivity index (χ4v) is 4.55. The first kappa shape index (κ1) is 26.8. The summed E-state index contributed by atoms with van der Waals surface area (Å²) in [4.78, 5) is 15.4. The maximum atomic E-state index is 13.8. The molecule has 1 fully saturated rings. The van der Waals surface area contributed by atoms with Gasteiger partial charge in [0.05, 0.1) is 27.2 Å². The number of nitriles is 1. The summed E-state index contributed by atoms with van der Waals surface area (Å²) in [5.41, 5.74) is 2.33. The molecule has 1 aliphatic rings. The summed E-state index contributed by atoms with van der Waals surface area (Å²) in [5.74, 6) is 0.151. The minimum absolute atomic E-state index is 0.0442. The maximum Gasteiger partial charge on any atom is 0.416 e. The number of amides is 1. The lowest BCUT2D eigenvalue weighted by molar-refractivity contribution is -0.137. The number of carbonyl (C=O) groups excluding carboxylic acids is 1. The summed E-state index contributed by atoms with van der Waals surface area (Å²) in [6, 6.07) is 18.2. The van der Waals surface area contributed by atoms with Crippen LogP contribution in [0.4, 0.5) is 18.9 Å². The van der Waals surface area contributed by atoms with Crippen LogP contribution >= 0.6 is 23.2 Å². The number of hydrogen-bond donors (Lipinski definition) is 1. The fourth-order valence-electron chi connectivity index (χ4n) is 4.15. The molecule has 0 spiro atoms. The standard InChI is InChI=1S/C28H24Cl2F3N3O/c29-23-10-11-24(35-14-13-34)25(26(23)30)27(37)36(17-19-4-6-20(7-5-19)21-8-9-21)15-12-18-2-1-3-22(16-18)28(31,32)33/h1-7,10-11,16,21,35H,8-9,12,14-15,17H2. The number of rotatable bonds is 9. The Morgan fingerprint density at radius 1 is 1.05 bits per heavy atom.